The molecule has 2 atom stereocenters. The number of hydrogen-bond donors (Lipinski definition) is 2. The summed E-state index contributed by atoms with van der Waals surface area (Å²) in [6.07, 6.45) is -0.909. The Bertz CT molecular complexity index is 962. The van der Waals surface area contributed by atoms with Crippen molar-refractivity contribution in [2.75, 3.05) is 19.0 Å². The fourth-order valence-corrected chi connectivity index (χ4v) is 3.26. The fourth-order valence-electron chi connectivity index (χ4n) is 3.26. The van der Waals surface area contributed by atoms with Crippen molar-refractivity contribution in [2.45, 2.75) is 26.1 Å². The van der Waals surface area contributed by atoms with Crippen molar-refractivity contribution in [1.82, 2.24) is 4.90 Å². The Kier molecular flexibility index (Phi) is 7.09. The number of amides is 1. The zero-order valence-corrected chi connectivity index (χ0v) is 17.6. The summed E-state index contributed by atoms with van der Waals surface area (Å²) < 4.78 is 4.97. The lowest BCUT2D eigenvalue weighted by molar-refractivity contribution is 0.163. The van der Waals surface area contributed by atoms with E-state index in [4.69, 9.17) is 4.74 Å². The van der Waals surface area contributed by atoms with Crippen LogP contribution in [0.3, 0.4) is 0 Å². The van der Waals surface area contributed by atoms with Crippen molar-refractivity contribution < 1.29 is 16.1 Å². The molecular weight excluding hydrogens is 376 g/mol. The summed E-state index contributed by atoms with van der Waals surface area (Å²) >= 11 is 0. The van der Waals surface area contributed by atoms with Gasteiger partial charge in [0.1, 0.15) is 12.8 Å². The van der Waals surface area contributed by atoms with E-state index in [1.165, 1.54) is 16.7 Å². The van der Waals surface area contributed by atoms with E-state index in [1.807, 2.05) is 30.3 Å². The monoisotopic (exact) mass is 406 g/mol. The van der Waals surface area contributed by atoms with Crippen molar-refractivity contribution in [1.29, 1.82) is 0 Å². The van der Waals surface area contributed by atoms with Crippen LogP contribution in [0.15, 0.2) is 78.9 Å². The summed E-state index contributed by atoms with van der Waals surface area (Å²) in [5.74, 6) is 0. The van der Waals surface area contributed by atoms with Crippen molar-refractivity contribution >= 4 is 11.8 Å². The third kappa shape index (κ3) is 5.61. The Balaban J connectivity index is 0.000000220. The average Bonchev–Trinajstić information content (AvgIpc) is 3.08. The van der Waals surface area contributed by atoms with Gasteiger partial charge in [0.25, 0.3) is 0 Å². The lowest BCUT2D eigenvalue weighted by Gasteiger charge is -2.18. The summed E-state index contributed by atoms with van der Waals surface area (Å²) in [5.41, 5.74) is 5.68. The average molecular weight is 407 g/mol. The minimum Gasteiger partial charge on any atom is -0.447 e. The topological polar surface area (TPSA) is 61.8 Å². The van der Waals surface area contributed by atoms with Gasteiger partial charge in [-0.1, -0.05) is 72.3 Å². The Labute approximate surface area is 179 Å². The van der Waals surface area contributed by atoms with Crippen LogP contribution in [0.25, 0.3) is 11.1 Å². The smallest absolute Gasteiger partial charge is 0.410 e. The molecule has 158 valence electrons. The fraction of sp³-hybridized carbons (Fsp3) is 0.240. The standard InChI is InChI=1S/C13H12.C12H16N2O3.H2/c1-11-7-9-13(10-8-11)12-5-3-2-4-6-12;1-8(15)13-10-5-3-4-9(6-10)11-7-17-12(16)14(11)2;/h2-10H,1H3;3-6,8,11,13,15H,7H2,1-2H3;1H/t;8?,11-;/m.0./s1. The van der Waals surface area contributed by atoms with E-state index in [0.29, 0.717) is 6.61 Å². The molecule has 5 heteroatoms. The molecule has 2 N–H and O–H groups in total. The van der Waals surface area contributed by atoms with Crippen molar-refractivity contribution in [3.8, 4) is 11.1 Å². The molecule has 1 unspecified atom stereocenters. The number of benzene rings is 3. The first-order valence-electron chi connectivity index (χ1n) is 10.0. The van der Waals surface area contributed by atoms with E-state index in [0.717, 1.165) is 11.3 Å². The number of aryl methyl sites for hydroxylation is 1. The second-order valence-electron chi connectivity index (χ2n) is 7.38. The predicted molar refractivity (Wildman–Crippen MR) is 122 cm³/mol. The summed E-state index contributed by atoms with van der Waals surface area (Å²) in [6, 6.07) is 26.6. The van der Waals surface area contributed by atoms with Crippen LogP contribution in [0.4, 0.5) is 10.5 Å². The van der Waals surface area contributed by atoms with Crippen LogP contribution in [-0.2, 0) is 4.74 Å². The van der Waals surface area contributed by atoms with E-state index in [1.54, 1.807) is 18.9 Å². The molecule has 1 aliphatic heterocycles. The summed E-state index contributed by atoms with van der Waals surface area (Å²) in [5, 5.41) is 12.2. The molecule has 3 aromatic rings. The zero-order chi connectivity index (χ0) is 21.5. The van der Waals surface area contributed by atoms with Crippen LogP contribution in [0.2, 0.25) is 0 Å². The number of likely N-dealkylation sites (N-methyl/N-ethyl adjacent to an activating group) is 1. The second-order valence-corrected chi connectivity index (χ2v) is 7.38. The first-order chi connectivity index (χ1) is 14.4. The third-order valence-electron chi connectivity index (χ3n) is 4.93. The number of anilines is 1. The maximum Gasteiger partial charge on any atom is 0.410 e. The van der Waals surface area contributed by atoms with Gasteiger partial charge in [-0.05, 0) is 42.7 Å². The molecule has 4 rings (SSSR count). The number of hydrogen-bond acceptors (Lipinski definition) is 4. The second kappa shape index (κ2) is 9.94. The van der Waals surface area contributed by atoms with Crippen LogP contribution >= 0.6 is 0 Å². The summed E-state index contributed by atoms with van der Waals surface area (Å²) in [7, 11) is 1.72. The Morgan fingerprint density at radius 3 is 2.30 bits per heavy atom. The normalized spacial score (nSPS) is 16.3. The minimum absolute atomic E-state index is 0. The molecule has 1 aliphatic rings. The predicted octanol–water partition coefficient (Wildman–Crippen LogP) is 5.47. The maximum absolute atomic E-state index is 11.3. The van der Waals surface area contributed by atoms with E-state index in [9.17, 15) is 9.90 Å². The van der Waals surface area contributed by atoms with Crippen LogP contribution in [-0.4, -0.2) is 36.0 Å². The first kappa shape index (κ1) is 21.4. The largest absolute Gasteiger partial charge is 0.447 e. The number of nitrogens with one attached hydrogen (secondary N) is 1. The molecule has 1 amide bonds. The highest BCUT2D eigenvalue weighted by atomic mass is 16.6. The molecule has 1 fully saturated rings. The van der Waals surface area contributed by atoms with Gasteiger partial charge in [-0.2, -0.15) is 0 Å². The highest BCUT2D eigenvalue weighted by molar-refractivity contribution is 5.70. The van der Waals surface area contributed by atoms with Gasteiger partial charge >= 0.3 is 6.09 Å². The molecule has 0 aliphatic carbocycles. The highest BCUT2D eigenvalue weighted by Crippen LogP contribution is 2.27. The number of ether oxygens (including phenoxy) is 1. The van der Waals surface area contributed by atoms with Gasteiger partial charge in [0, 0.05) is 14.2 Å². The van der Waals surface area contributed by atoms with Gasteiger partial charge in [0.2, 0.25) is 0 Å². The number of nitrogens with zero attached hydrogens (tertiary/aromatic N) is 1. The number of carbonyl (C=O) groups excluding carboxylic acids is 1. The van der Waals surface area contributed by atoms with Crippen LogP contribution in [0.1, 0.15) is 25.5 Å². The SMILES string of the molecule is CC(O)Nc1cccc([C@@H]2COC(=O)N2C)c1.Cc1ccc(-c2ccccc2)cc1.[HH]. The van der Waals surface area contributed by atoms with Crippen molar-refractivity contribution in [3.63, 3.8) is 0 Å². The van der Waals surface area contributed by atoms with Gasteiger partial charge in [-0.15, -0.1) is 0 Å². The van der Waals surface area contributed by atoms with E-state index >= 15 is 0 Å². The van der Waals surface area contributed by atoms with Crippen molar-refractivity contribution in [2.24, 2.45) is 0 Å². The Morgan fingerprint density at radius 1 is 1.03 bits per heavy atom. The molecule has 0 radical (unpaired) electrons. The molecule has 0 bridgehead atoms. The number of aliphatic hydroxyl groups is 1. The van der Waals surface area contributed by atoms with Crippen LogP contribution in [0.5, 0.6) is 0 Å². The van der Waals surface area contributed by atoms with Gasteiger partial charge in [0.05, 0.1) is 6.04 Å². The number of rotatable bonds is 4. The Morgan fingerprint density at radius 2 is 1.70 bits per heavy atom. The summed E-state index contributed by atoms with van der Waals surface area (Å²) in [6.45, 7) is 4.13. The molecule has 1 saturated heterocycles. The van der Waals surface area contributed by atoms with Crippen LogP contribution in [0, 0.1) is 6.92 Å². The molecule has 3 aromatic carbocycles. The molecule has 5 nitrogen and oxygen atoms in total. The quantitative estimate of drug-likeness (QED) is 0.564. The van der Waals surface area contributed by atoms with Gasteiger partial charge in [0.15, 0.2) is 0 Å². The van der Waals surface area contributed by atoms with Crippen LogP contribution < -0.4 is 5.32 Å². The number of cyclic esters (lactones) is 1. The summed E-state index contributed by atoms with van der Waals surface area (Å²) in [4.78, 5) is 12.8. The first-order valence-corrected chi connectivity index (χ1v) is 10.0. The van der Waals surface area contributed by atoms with E-state index in [-0.39, 0.29) is 13.6 Å². The minimum atomic E-state index is -0.607. The van der Waals surface area contributed by atoms with E-state index in [2.05, 4.69) is 60.8 Å². The van der Waals surface area contributed by atoms with Crippen molar-refractivity contribution in [3.05, 3.63) is 90.0 Å². The third-order valence-corrected chi connectivity index (χ3v) is 4.93. The zero-order valence-electron chi connectivity index (χ0n) is 17.6. The Hall–Kier alpha value is -3.31. The van der Waals surface area contributed by atoms with E-state index < -0.39 is 6.23 Å². The molecule has 0 saturated carbocycles. The van der Waals surface area contributed by atoms with Gasteiger partial charge in [-0.25, -0.2) is 4.79 Å². The maximum atomic E-state index is 11.3. The number of aliphatic hydroxyl groups excluding tert-OH is 1. The van der Waals surface area contributed by atoms with Gasteiger partial charge < -0.3 is 20.1 Å². The lowest BCUT2D eigenvalue weighted by atomic mass is 10.0. The molecule has 0 spiro atoms. The molecule has 1 heterocycles. The van der Waals surface area contributed by atoms with Gasteiger partial charge in [-0.3, -0.25) is 0 Å². The number of carbonyl (C=O) groups is 1. The highest BCUT2D eigenvalue weighted by Gasteiger charge is 2.30. The molecular formula is C25H30N2O3. The molecule has 0 aromatic heterocycles. The lowest BCUT2D eigenvalue weighted by Crippen LogP contribution is -2.22. The molecule has 30 heavy (non-hydrogen) atoms.